The first-order chi connectivity index (χ1) is 16.0. The Bertz CT molecular complexity index is 1120. The highest BCUT2D eigenvalue weighted by molar-refractivity contribution is 6.05. The largest absolute Gasteiger partial charge is 0.454 e. The number of ether oxygens (including phenoxy) is 1. The summed E-state index contributed by atoms with van der Waals surface area (Å²) in [6.07, 6.45) is -2.12. The van der Waals surface area contributed by atoms with Crippen LogP contribution in [0.15, 0.2) is 40.3 Å². The quantitative estimate of drug-likeness (QED) is 0.297. The van der Waals surface area contributed by atoms with Gasteiger partial charge in [-0.05, 0) is 12.1 Å². The van der Waals surface area contributed by atoms with Crippen molar-refractivity contribution < 1.29 is 24.2 Å². The maximum atomic E-state index is 12.8. The molecule has 2 saturated heterocycles. The minimum absolute atomic E-state index is 0.0539. The Morgan fingerprint density at radius 2 is 1.94 bits per heavy atom. The van der Waals surface area contributed by atoms with Gasteiger partial charge in [-0.2, -0.15) is 0 Å². The first-order valence-electron chi connectivity index (χ1n) is 11.1. The molecule has 0 bridgehead atoms. The fraction of sp³-hybridized carbons (Fsp3) is 0.500. The molecular weight excluding hydrogens is 442 g/mol. The summed E-state index contributed by atoms with van der Waals surface area (Å²) in [6.45, 7) is 3.44. The van der Waals surface area contributed by atoms with Crippen LogP contribution in [0.4, 0.5) is 0 Å². The monoisotopic (exact) mass is 469 g/mol. The summed E-state index contributed by atoms with van der Waals surface area (Å²) in [5, 5.41) is 14.4. The molecule has 0 aromatic heterocycles. The lowest BCUT2D eigenvalue weighted by Gasteiger charge is -2.46. The molecule has 2 fully saturated rings. The Morgan fingerprint density at radius 3 is 2.59 bits per heavy atom. The number of hydrogen-bond donors (Lipinski definition) is 4. The fourth-order valence-electron chi connectivity index (χ4n) is 5.30. The van der Waals surface area contributed by atoms with Crippen molar-refractivity contribution >= 4 is 29.7 Å². The zero-order valence-electron chi connectivity index (χ0n) is 18.8. The first-order valence-corrected chi connectivity index (χ1v) is 11.1. The van der Waals surface area contributed by atoms with E-state index < -0.39 is 41.3 Å². The predicted octanol–water partition coefficient (Wildman–Crippen LogP) is -1.65. The Kier molecular flexibility index (Phi) is 4.83. The average molecular weight is 470 g/mol. The normalized spacial score (nSPS) is 33.7. The van der Waals surface area contributed by atoms with E-state index in [-0.39, 0.29) is 43.2 Å². The van der Waals surface area contributed by atoms with Gasteiger partial charge in [-0.3, -0.25) is 14.5 Å². The van der Waals surface area contributed by atoms with E-state index in [2.05, 4.69) is 15.3 Å². The number of rotatable bonds is 4. The third kappa shape index (κ3) is 3.12. The van der Waals surface area contributed by atoms with Crippen molar-refractivity contribution in [3.63, 3.8) is 0 Å². The number of aliphatic imine (C=N–C) groups is 2. The number of nitrogens with zero attached hydrogens (tertiary/aromatic N) is 4. The molecule has 0 saturated carbocycles. The molecule has 2 amide bonds. The van der Waals surface area contributed by atoms with Crippen LogP contribution in [0, 0.1) is 5.41 Å². The number of esters is 1. The molecule has 4 aliphatic rings. The van der Waals surface area contributed by atoms with Crippen molar-refractivity contribution in [3.8, 4) is 0 Å². The highest BCUT2D eigenvalue weighted by Crippen LogP contribution is 2.42. The molecule has 12 nitrogen and oxygen atoms in total. The number of amides is 2. The van der Waals surface area contributed by atoms with Crippen LogP contribution in [-0.4, -0.2) is 87.7 Å². The number of benzene rings is 1. The molecule has 12 heteroatoms. The molecule has 0 radical (unpaired) electrons. The molecular formula is C22H27N7O5. The summed E-state index contributed by atoms with van der Waals surface area (Å²) in [4.78, 5) is 49.7. The minimum atomic E-state index is -1.33. The second-order valence-electron chi connectivity index (χ2n) is 9.70. The Hall–Kier alpha value is -3.67. The number of nitrogens with one attached hydrogen (secondary N) is 1. The molecule has 1 spiro atoms. The zero-order valence-corrected chi connectivity index (χ0v) is 18.8. The van der Waals surface area contributed by atoms with E-state index in [9.17, 15) is 19.5 Å². The average Bonchev–Trinajstić information content (AvgIpc) is 3.35. The van der Waals surface area contributed by atoms with Crippen LogP contribution in [0.25, 0.3) is 0 Å². The third-order valence-electron chi connectivity index (χ3n) is 6.96. The van der Waals surface area contributed by atoms with Crippen LogP contribution in [0.1, 0.15) is 30.6 Å². The van der Waals surface area contributed by atoms with E-state index in [1.54, 1.807) is 49.1 Å². The van der Waals surface area contributed by atoms with Gasteiger partial charge in [0, 0.05) is 6.42 Å². The number of guanidine groups is 2. The van der Waals surface area contributed by atoms with Gasteiger partial charge in [0.05, 0.1) is 30.1 Å². The van der Waals surface area contributed by atoms with Crippen LogP contribution in [0.5, 0.6) is 0 Å². The second kappa shape index (κ2) is 7.42. The van der Waals surface area contributed by atoms with Gasteiger partial charge in [0.15, 0.2) is 17.6 Å². The number of aliphatic hydroxyl groups excluding tert-OH is 1. The Labute approximate surface area is 195 Å². The fourth-order valence-corrected chi connectivity index (χ4v) is 5.30. The van der Waals surface area contributed by atoms with Gasteiger partial charge in [-0.25, -0.2) is 14.8 Å². The summed E-state index contributed by atoms with van der Waals surface area (Å²) in [5.41, 5.74) is 10.5. The molecule has 4 aliphatic heterocycles. The lowest BCUT2D eigenvalue weighted by molar-refractivity contribution is -0.141. The molecule has 0 aliphatic carbocycles. The van der Waals surface area contributed by atoms with Crippen LogP contribution >= 0.6 is 0 Å². The number of nitrogens with two attached hydrogens (primary N) is 2. The second-order valence-corrected chi connectivity index (χ2v) is 9.70. The van der Waals surface area contributed by atoms with Gasteiger partial charge >= 0.3 is 5.97 Å². The topological polar surface area (TPSA) is 176 Å². The van der Waals surface area contributed by atoms with E-state index in [1.807, 2.05) is 0 Å². The van der Waals surface area contributed by atoms with Gasteiger partial charge in [-0.1, -0.05) is 32.0 Å². The van der Waals surface area contributed by atoms with Crippen molar-refractivity contribution in [2.24, 2.45) is 26.9 Å². The molecule has 5 rings (SSSR count). The van der Waals surface area contributed by atoms with Gasteiger partial charge in [-0.15, -0.1) is 0 Å². The lowest BCUT2D eigenvalue weighted by atomic mass is 9.88. The van der Waals surface area contributed by atoms with E-state index in [0.29, 0.717) is 5.56 Å². The molecule has 180 valence electrons. The molecule has 1 unspecified atom stereocenters. The van der Waals surface area contributed by atoms with E-state index in [4.69, 9.17) is 16.2 Å². The summed E-state index contributed by atoms with van der Waals surface area (Å²) in [5.74, 6) is -1.07. The highest BCUT2D eigenvalue weighted by atomic mass is 16.6. The number of imide groups is 1. The number of carbonyl (C=O) groups excluding carboxylic acids is 3. The van der Waals surface area contributed by atoms with Gasteiger partial charge in [0.2, 0.25) is 11.8 Å². The predicted molar refractivity (Wildman–Crippen MR) is 120 cm³/mol. The van der Waals surface area contributed by atoms with Crippen molar-refractivity contribution in [1.29, 1.82) is 0 Å². The molecule has 34 heavy (non-hydrogen) atoms. The van der Waals surface area contributed by atoms with Crippen LogP contribution in [-0.2, 0) is 14.3 Å². The minimum Gasteiger partial charge on any atom is -0.454 e. The number of aliphatic hydroxyl groups is 1. The Morgan fingerprint density at radius 1 is 1.24 bits per heavy atom. The van der Waals surface area contributed by atoms with Crippen LogP contribution < -0.4 is 16.8 Å². The summed E-state index contributed by atoms with van der Waals surface area (Å²) in [6, 6.07) is 6.91. The van der Waals surface area contributed by atoms with E-state index in [0.717, 1.165) is 0 Å². The Balaban J connectivity index is 1.43. The van der Waals surface area contributed by atoms with Crippen molar-refractivity contribution in [1.82, 2.24) is 15.1 Å². The van der Waals surface area contributed by atoms with E-state index >= 15 is 0 Å². The smallest absolute Gasteiger partial charge is 0.338 e. The standard InChI is InChI=1S/C22H27N7O5/c1-21(2)8-14(30)28(18(21)33)9-12-15-22(27-19(23)26-15)16(31)13(10-29(22)20(24)25-12)34-17(32)11-6-4-3-5-7-11/h3-7,12-13,15-16,31H,8-10H2,1-2H3,(H2,24,25)(H3,23,26,27)/t12-,13-,15?,16-,22-/m0/s1. The van der Waals surface area contributed by atoms with Crippen LogP contribution in [0.3, 0.4) is 0 Å². The third-order valence-corrected chi connectivity index (χ3v) is 6.96. The number of likely N-dealkylation sites (tertiary alicyclic amines) is 1. The molecule has 5 atom stereocenters. The van der Waals surface area contributed by atoms with Crippen LogP contribution in [0.2, 0.25) is 0 Å². The maximum absolute atomic E-state index is 12.8. The molecule has 1 aromatic carbocycles. The van der Waals surface area contributed by atoms with Crippen molar-refractivity contribution in [2.45, 2.75) is 50.2 Å². The summed E-state index contributed by atoms with van der Waals surface area (Å²) in [7, 11) is 0. The van der Waals surface area contributed by atoms with Crippen molar-refractivity contribution in [3.05, 3.63) is 35.9 Å². The molecule has 1 aromatic rings. The van der Waals surface area contributed by atoms with Crippen molar-refractivity contribution in [2.75, 3.05) is 13.1 Å². The van der Waals surface area contributed by atoms with Gasteiger partial charge in [0.25, 0.3) is 0 Å². The molecule has 4 heterocycles. The maximum Gasteiger partial charge on any atom is 0.338 e. The summed E-state index contributed by atoms with van der Waals surface area (Å²) < 4.78 is 5.63. The zero-order chi connectivity index (χ0) is 24.4. The first kappa shape index (κ1) is 22.1. The van der Waals surface area contributed by atoms with Gasteiger partial charge < -0.3 is 31.5 Å². The lowest BCUT2D eigenvalue weighted by Crippen LogP contribution is -2.73. The summed E-state index contributed by atoms with van der Waals surface area (Å²) >= 11 is 0. The molecule has 6 N–H and O–H groups in total. The number of carbonyl (C=O) groups is 3. The van der Waals surface area contributed by atoms with E-state index in [1.165, 1.54) is 4.90 Å². The number of hydrogen-bond acceptors (Lipinski definition) is 11. The van der Waals surface area contributed by atoms with Gasteiger partial charge in [0.1, 0.15) is 18.2 Å². The SMILES string of the molecule is CC1(C)CC(=O)N(C[C@@H]2N=C(N)N3C[C@H](OC(=O)c4ccccc4)[C@H](O)[C@@]34NC(N)=NC24)C1=O. The highest BCUT2D eigenvalue weighted by Gasteiger charge is 2.66.